The van der Waals surface area contributed by atoms with Gasteiger partial charge in [-0.1, -0.05) is 68.1 Å². The topological polar surface area (TPSA) is 49.4 Å². The summed E-state index contributed by atoms with van der Waals surface area (Å²) in [6.07, 6.45) is 9.31. The molecule has 1 unspecified atom stereocenters. The number of amides is 2. The number of rotatable bonds is 10. The SMILES string of the molecule is CC(NCCCCCCN1C(=O)c2ccccc2C1=O)C1(c2ccccc2)CCCC1.Cl. The van der Waals surface area contributed by atoms with Gasteiger partial charge in [-0.2, -0.15) is 0 Å². The Labute approximate surface area is 198 Å². The zero-order chi connectivity index (χ0) is 21.7. The Morgan fingerprint density at radius 2 is 1.41 bits per heavy atom. The van der Waals surface area contributed by atoms with Crippen LogP contribution in [0.4, 0.5) is 0 Å². The number of benzene rings is 2. The van der Waals surface area contributed by atoms with Crippen LogP contribution in [-0.4, -0.2) is 35.8 Å². The molecule has 4 nitrogen and oxygen atoms in total. The van der Waals surface area contributed by atoms with Gasteiger partial charge in [-0.15, -0.1) is 12.4 Å². The molecule has 1 saturated carbocycles. The molecule has 1 aliphatic carbocycles. The van der Waals surface area contributed by atoms with Gasteiger partial charge < -0.3 is 5.32 Å². The van der Waals surface area contributed by atoms with E-state index in [2.05, 4.69) is 42.6 Å². The van der Waals surface area contributed by atoms with Gasteiger partial charge in [-0.3, -0.25) is 14.5 Å². The van der Waals surface area contributed by atoms with Crippen molar-refractivity contribution in [3.05, 3.63) is 71.3 Å². The zero-order valence-electron chi connectivity index (χ0n) is 19.0. The van der Waals surface area contributed by atoms with Crippen LogP contribution >= 0.6 is 12.4 Å². The number of hydrogen-bond donors (Lipinski definition) is 1. The quantitative estimate of drug-likeness (QED) is 0.367. The lowest BCUT2D eigenvalue weighted by atomic mass is 9.73. The van der Waals surface area contributed by atoms with Gasteiger partial charge in [0.2, 0.25) is 0 Å². The number of fused-ring (bicyclic) bond motifs is 1. The zero-order valence-corrected chi connectivity index (χ0v) is 19.8. The summed E-state index contributed by atoms with van der Waals surface area (Å²) < 4.78 is 0. The maximum absolute atomic E-state index is 12.4. The van der Waals surface area contributed by atoms with Crippen molar-refractivity contribution in [1.29, 1.82) is 0 Å². The Hall–Kier alpha value is -2.17. The lowest BCUT2D eigenvalue weighted by Gasteiger charge is -2.37. The Kier molecular flexibility index (Phi) is 8.50. The molecule has 2 aliphatic rings. The Morgan fingerprint density at radius 3 is 2.03 bits per heavy atom. The predicted molar refractivity (Wildman–Crippen MR) is 132 cm³/mol. The largest absolute Gasteiger partial charge is 0.313 e. The molecule has 0 radical (unpaired) electrons. The molecule has 0 bridgehead atoms. The van der Waals surface area contributed by atoms with Crippen LogP contribution in [0.15, 0.2) is 54.6 Å². The van der Waals surface area contributed by atoms with Gasteiger partial charge in [0, 0.05) is 18.0 Å². The Balaban J connectivity index is 0.00000289. The summed E-state index contributed by atoms with van der Waals surface area (Å²) in [7, 11) is 0. The molecule has 5 heteroatoms. The fraction of sp³-hybridized carbons (Fsp3) is 0.481. The minimum atomic E-state index is -0.140. The van der Waals surface area contributed by atoms with Crippen molar-refractivity contribution in [2.24, 2.45) is 0 Å². The molecule has 1 fully saturated rings. The van der Waals surface area contributed by atoms with Crippen molar-refractivity contribution < 1.29 is 9.59 Å². The van der Waals surface area contributed by atoms with E-state index in [0.29, 0.717) is 23.7 Å². The lowest BCUT2D eigenvalue weighted by molar-refractivity contribution is 0.0651. The van der Waals surface area contributed by atoms with Crippen LogP contribution in [-0.2, 0) is 5.41 Å². The van der Waals surface area contributed by atoms with E-state index in [1.165, 1.54) is 36.1 Å². The van der Waals surface area contributed by atoms with Crippen molar-refractivity contribution in [3.8, 4) is 0 Å². The molecular formula is C27H35ClN2O2. The smallest absolute Gasteiger partial charge is 0.261 e. The molecule has 2 amide bonds. The highest BCUT2D eigenvalue weighted by atomic mass is 35.5. The molecule has 1 aliphatic heterocycles. The Bertz CT molecular complexity index is 874. The first kappa shape index (κ1) is 24.5. The van der Waals surface area contributed by atoms with Gasteiger partial charge in [-0.05, 0) is 56.8 Å². The molecule has 2 aromatic rings. The average molecular weight is 455 g/mol. The van der Waals surface area contributed by atoms with E-state index < -0.39 is 0 Å². The Morgan fingerprint density at radius 1 is 0.844 bits per heavy atom. The molecule has 0 aromatic heterocycles. The molecule has 1 N–H and O–H groups in total. The second kappa shape index (κ2) is 11.1. The number of nitrogens with one attached hydrogen (secondary N) is 1. The second-order valence-corrected chi connectivity index (χ2v) is 9.13. The van der Waals surface area contributed by atoms with E-state index in [1.807, 2.05) is 12.1 Å². The fourth-order valence-electron chi connectivity index (χ4n) is 5.45. The summed E-state index contributed by atoms with van der Waals surface area (Å²) in [5.41, 5.74) is 2.84. The van der Waals surface area contributed by atoms with Crippen LogP contribution in [0.1, 0.15) is 84.6 Å². The van der Waals surface area contributed by atoms with Crippen molar-refractivity contribution in [1.82, 2.24) is 10.2 Å². The van der Waals surface area contributed by atoms with Crippen LogP contribution in [0.2, 0.25) is 0 Å². The first-order valence-electron chi connectivity index (χ1n) is 11.9. The number of hydrogen-bond acceptors (Lipinski definition) is 3. The summed E-state index contributed by atoms with van der Waals surface area (Å²) in [5, 5.41) is 3.80. The van der Waals surface area contributed by atoms with Crippen LogP contribution < -0.4 is 5.32 Å². The fourth-order valence-corrected chi connectivity index (χ4v) is 5.45. The number of carbonyl (C=O) groups is 2. The van der Waals surface area contributed by atoms with Crippen molar-refractivity contribution in [2.45, 2.75) is 69.7 Å². The van der Waals surface area contributed by atoms with E-state index in [-0.39, 0.29) is 29.6 Å². The van der Waals surface area contributed by atoms with Crippen molar-refractivity contribution in [3.63, 3.8) is 0 Å². The van der Waals surface area contributed by atoms with Gasteiger partial charge in [0.25, 0.3) is 11.8 Å². The summed E-state index contributed by atoms with van der Waals surface area (Å²) in [6, 6.07) is 18.6. The highest BCUT2D eigenvalue weighted by molar-refractivity contribution is 6.21. The summed E-state index contributed by atoms with van der Waals surface area (Å²) in [5.74, 6) is -0.280. The molecule has 32 heavy (non-hydrogen) atoms. The third-order valence-corrected chi connectivity index (χ3v) is 7.31. The molecule has 172 valence electrons. The van der Waals surface area contributed by atoms with Crippen LogP contribution in [0.3, 0.4) is 0 Å². The van der Waals surface area contributed by atoms with Crippen LogP contribution in [0.5, 0.6) is 0 Å². The number of carbonyl (C=O) groups excluding carboxylic acids is 2. The summed E-state index contributed by atoms with van der Waals surface area (Å²) >= 11 is 0. The first-order valence-corrected chi connectivity index (χ1v) is 11.9. The van der Waals surface area contributed by atoms with Crippen molar-refractivity contribution in [2.75, 3.05) is 13.1 Å². The third kappa shape index (κ3) is 4.92. The molecule has 4 rings (SSSR count). The van der Waals surface area contributed by atoms with Gasteiger partial charge in [0.1, 0.15) is 0 Å². The molecule has 0 saturated heterocycles. The molecular weight excluding hydrogens is 420 g/mol. The van der Waals surface area contributed by atoms with Crippen LogP contribution in [0, 0.1) is 0 Å². The maximum atomic E-state index is 12.4. The second-order valence-electron chi connectivity index (χ2n) is 9.13. The van der Waals surface area contributed by atoms with E-state index >= 15 is 0 Å². The van der Waals surface area contributed by atoms with Gasteiger partial charge in [0.15, 0.2) is 0 Å². The van der Waals surface area contributed by atoms with Gasteiger partial charge in [-0.25, -0.2) is 0 Å². The third-order valence-electron chi connectivity index (χ3n) is 7.31. The summed E-state index contributed by atoms with van der Waals surface area (Å²) in [6.45, 7) is 3.89. The minimum Gasteiger partial charge on any atom is -0.313 e. The van der Waals surface area contributed by atoms with E-state index in [4.69, 9.17) is 0 Å². The highest BCUT2D eigenvalue weighted by Crippen LogP contribution is 2.43. The molecule has 0 spiro atoms. The highest BCUT2D eigenvalue weighted by Gasteiger charge is 2.40. The maximum Gasteiger partial charge on any atom is 0.261 e. The average Bonchev–Trinajstić information content (AvgIpc) is 3.40. The van der Waals surface area contributed by atoms with E-state index in [9.17, 15) is 9.59 Å². The monoisotopic (exact) mass is 454 g/mol. The molecule has 1 atom stereocenters. The lowest BCUT2D eigenvalue weighted by Crippen LogP contribution is -2.45. The number of imide groups is 1. The minimum absolute atomic E-state index is 0. The number of unbranched alkanes of at least 4 members (excludes halogenated alkanes) is 3. The predicted octanol–water partition coefficient (Wildman–Crippen LogP) is 5.75. The van der Waals surface area contributed by atoms with E-state index in [1.54, 1.807) is 12.1 Å². The van der Waals surface area contributed by atoms with Crippen LogP contribution in [0.25, 0.3) is 0 Å². The number of halogens is 1. The van der Waals surface area contributed by atoms with Gasteiger partial charge >= 0.3 is 0 Å². The van der Waals surface area contributed by atoms with Gasteiger partial charge in [0.05, 0.1) is 11.1 Å². The van der Waals surface area contributed by atoms with Crippen molar-refractivity contribution >= 4 is 24.2 Å². The number of nitrogens with zero attached hydrogens (tertiary/aromatic N) is 1. The molecule has 1 heterocycles. The summed E-state index contributed by atoms with van der Waals surface area (Å²) in [4.78, 5) is 26.2. The first-order chi connectivity index (χ1) is 15.1. The standard InChI is InChI=1S/C27H34N2O2.ClH/c1-21(27(17-9-10-18-27)22-13-5-4-6-14-22)28-19-11-2-3-12-20-29-25(30)23-15-7-8-16-24(23)26(29)31;/h4-8,13-16,21,28H,2-3,9-12,17-20H2,1H3;1H. The normalized spacial score (nSPS) is 17.8. The molecule has 2 aromatic carbocycles. The van der Waals surface area contributed by atoms with E-state index in [0.717, 1.165) is 32.2 Å².